The monoisotopic (exact) mass is 360 g/mol. The summed E-state index contributed by atoms with van der Waals surface area (Å²) >= 11 is 0. The average molecular weight is 360 g/mol. The third-order valence-corrected chi connectivity index (χ3v) is 5.37. The normalized spacial score (nSPS) is 16.7. The van der Waals surface area contributed by atoms with E-state index in [1.165, 1.54) is 16.3 Å². The van der Waals surface area contributed by atoms with Gasteiger partial charge in [-0.1, -0.05) is 42.5 Å². The van der Waals surface area contributed by atoms with E-state index in [1.807, 2.05) is 12.1 Å². The zero-order valence-corrected chi connectivity index (χ0v) is 15.3. The van der Waals surface area contributed by atoms with Gasteiger partial charge in [0.1, 0.15) is 0 Å². The van der Waals surface area contributed by atoms with Crippen molar-refractivity contribution in [2.75, 3.05) is 24.5 Å². The number of fused-ring (bicyclic) bond motifs is 1. The first-order valence-corrected chi connectivity index (χ1v) is 9.49. The number of anilines is 1. The molecule has 0 saturated carbocycles. The van der Waals surface area contributed by atoms with E-state index in [2.05, 4.69) is 52.7 Å². The Bertz CT molecular complexity index is 931. The van der Waals surface area contributed by atoms with Gasteiger partial charge in [0.25, 0.3) is 0 Å². The van der Waals surface area contributed by atoms with Crippen LogP contribution in [-0.4, -0.2) is 36.8 Å². The number of nitrogens with one attached hydrogen (secondary N) is 1. The Labute approximate surface area is 159 Å². The van der Waals surface area contributed by atoms with Crippen molar-refractivity contribution in [3.05, 3.63) is 77.9 Å². The summed E-state index contributed by atoms with van der Waals surface area (Å²) in [6, 6.07) is 22.7. The highest BCUT2D eigenvalue weighted by Crippen LogP contribution is 2.22. The maximum atomic E-state index is 11.0. The molecular weight excluding hydrogens is 336 g/mol. The molecule has 3 aromatic carbocycles. The van der Waals surface area contributed by atoms with E-state index in [9.17, 15) is 4.79 Å². The topological polar surface area (TPSA) is 52.6 Å². The SMILES string of the molecule is O=C(O)c1ccc(N2CC[C@H](NCCc3cccc4ccccc34)C2)cc1. The predicted molar refractivity (Wildman–Crippen MR) is 110 cm³/mol. The van der Waals surface area contributed by atoms with Gasteiger partial charge in [-0.05, 0) is 60.0 Å². The molecule has 1 fully saturated rings. The van der Waals surface area contributed by atoms with Gasteiger partial charge >= 0.3 is 5.97 Å². The lowest BCUT2D eigenvalue weighted by Gasteiger charge is -2.19. The van der Waals surface area contributed by atoms with E-state index in [0.29, 0.717) is 11.6 Å². The molecule has 1 atom stereocenters. The van der Waals surface area contributed by atoms with Crippen molar-refractivity contribution in [2.24, 2.45) is 0 Å². The molecule has 4 heteroatoms. The Balaban J connectivity index is 1.32. The summed E-state index contributed by atoms with van der Waals surface area (Å²) in [4.78, 5) is 13.3. The number of hydrogen-bond donors (Lipinski definition) is 2. The van der Waals surface area contributed by atoms with E-state index in [1.54, 1.807) is 12.1 Å². The van der Waals surface area contributed by atoms with Gasteiger partial charge in [0.05, 0.1) is 5.56 Å². The van der Waals surface area contributed by atoms with Crippen LogP contribution >= 0.6 is 0 Å². The van der Waals surface area contributed by atoms with Crippen LogP contribution in [0.5, 0.6) is 0 Å². The first-order chi connectivity index (χ1) is 13.2. The van der Waals surface area contributed by atoms with Crippen LogP contribution in [0.15, 0.2) is 66.7 Å². The maximum absolute atomic E-state index is 11.0. The third-order valence-electron chi connectivity index (χ3n) is 5.37. The standard InChI is InChI=1S/C23H24N2O2/c26-23(27)19-8-10-21(11-9-19)25-15-13-20(16-25)24-14-12-18-6-3-5-17-4-1-2-7-22(17)18/h1-11,20,24H,12-16H2,(H,26,27)/t20-/m0/s1. The van der Waals surface area contributed by atoms with Gasteiger partial charge in [0.15, 0.2) is 0 Å². The van der Waals surface area contributed by atoms with Crippen LogP contribution < -0.4 is 10.2 Å². The van der Waals surface area contributed by atoms with Crippen molar-refractivity contribution in [1.29, 1.82) is 0 Å². The summed E-state index contributed by atoms with van der Waals surface area (Å²) in [6.07, 6.45) is 2.13. The fourth-order valence-corrected chi connectivity index (χ4v) is 3.90. The lowest BCUT2D eigenvalue weighted by atomic mass is 10.0. The van der Waals surface area contributed by atoms with Gasteiger partial charge in [-0.2, -0.15) is 0 Å². The molecule has 0 bridgehead atoms. The molecule has 1 aliphatic rings. The zero-order chi connectivity index (χ0) is 18.6. The lowest BCUT2D eigenvalue weighted by Crippen LogP contribution is -2.33. The highest BCUT2D eigenvalue weighted by atomic mass is 16.4. The molecule has 0 radical (unpaired) electrons. The van der Waals surface area contributed by atoms with Crippen LogP contribution in [0.2, 0.25) is 0 Å². The number of carboxylic acids is 1. The summed E-state index contributed by atoms with van der Waals surface area (Å²) < 4.78 is 0. The number of aromatic carboxylic acids is 1. The second-order valence-corrected chi connectivity index (χ2v) is 7.13. The molecule has 4 rings (SSSR count). The molecule has 1 aliphatic heterocycles. The Kier molecular flexibility index (Phi) is 5.07. The first kappa shape index (κ1) is 17.6. The quantitative estimate of drug-likeness (QED) is 0.699. The van der Waals surface area contributed by atoms with Crippen molar-refractivity contribution in [3.8, 4) is 0 Å². The molecule has 27 heavy (non-hydrogen) atoms. The van der Waals surface area contributed by atoms with Crippen LogP contribution in [0, 0.1) is 0 Å². The van der Waals surface area contributed by atoms with Gasteiger partial charge < -0.3 is 15.3 Å². The Morgan fingerprint density at radius 1 is 1.04 bits per heavy atom. The second-order valence-electron chi connectivity index (χ2n) is 7.13. The van der Waals surface area contributed by atoms with Crippen molar-refractivity contribution in [1.82, 2.24) is 5.32 Å². The van der Waals surface area contributed by atoms with E-state index in [-0.39, 0.29) is 0 Å². The minimum Gasteiger partial charge on any atom is -0.478 e. The molecule has 0 aromatic heterocycles. The molecule has 0 amide bonds. The highest BCUT2D eigenvalue weighted by Gasteiger charge is 2.22. The Morgan fingerprint density at radius 2 is 1.81 bits per heavy atom. The molecule has 3 aromatic rings. The minimum atomic E-state index is -0.879. The van der Waals surface area contributed by atoms with Gasteiger partial charge in [0.2, 0.25) is 0 Å². The molecule has 0 unspecified atom stereocenters. The zero-order valence-electron chi connectivity index (χ0n) is 15.3. The van der Waals surface area contributed by atoms with Gasteiger partial charge in [0, 0.05) is 24.8 Å². The highest BCUT2D eigenvalue weighted by molar-refractivity contribution is 5.88. The van der Waals surface area contributed by atoms with Gasteiger partial charge in [-0.3, -0.25) is 0 Å². The maximum Gasteiger partial charge on any atom is 0.335 e. The average Bonchev–Trinajstić information content (AvgIpc) is 3.17. The summed E-state index contributed by atoms with van der Waals surface area (Å²) in [5.41, 5.74) is 2.82. The number of rotatable bonds is 6. The van der Waals surface area contributed by atoms with Crippen molar-refractivity contribution in [3.63, 3.8) is 0 Å². The molecule has 1 saturated heterocycles. The largest absolute Gasteiger partial charge is 0.478 e. The molecular formula is C23H24N2O2. The van der Waals surface area contributed by atoms with Gasteiger partial charge in [-0.15, -0.1) is 0 Å². The summed E-state index contributed by atoms with van der Waals surface area (Å²) in [6.45, 7) is 2.92. The van der Waals surface area contributed by atoms with Crippen LogP contribution in [0.4, 0.5) is 5.69 Å². The number of carbonyl (C=O) groups is 1. The lowest BCUT2D eigenvalue weighted by molar-refractivity contribution is 0.0697. The molecule has 0 spiro atoms. The fraction of sp³-hybridized carbons (Fsp3) is 0.261. The van der Waals surface area contributed by atoms with Gasteiger partial charge in [-0.25, -0.2) is 4.79 Å². The number of hydrogen-bond acceptors (Lipinski definition) is 3. The van der Waals surface area contributed by atoms with E-state index in [0.717, 1.165) is 38.2 Å². The summed E-state index contributed by atoms with van der Waals surface area (Å²) in [5.74, 6) is -0.879. The van der Waals surface area contributed by atoms with Crippen LogP contribution in [0.1, 0.15) is 22.3 Å². The number of nitrogens with zero attached hydrogens (tertiary/aromatic N) is 1. The molecule has 0 aliphatic carbocycles. The van der Waals surface area contributed by atoms with Crippen molar-refractivity contribution >= 4 is 22.4 Å². The third kappa shape index (κ3) is 3.96. The van der Waals surface area contributed by atoms with Crippen molar-refractivity contribution in [2.45, 2.75) is 18.9 Å². The van der Waals surface area contributed by atoms with E-state index < -0.39 is 5.97 Å². The smallest absolute Gasteiger partial charge is 0.335 e. The fourth-order valence-electron chi connectivity index (χ4n) is 3.90. The first-order valence-electron chi connectivity index (χ1n) is 9.49. The van der Waals surface area contributed by atoms with Crippen LogP contribution in [0.25, 0.3) is 10.8 Å². The molecule has 138 valence electrons. The van der Waals surface area contributed by atoms with Crippen LogP contribution in [-0.2, 0) is 6.42 Å². The Hall–Kier alpha value is -2.85. The molecule has 2 N–H and O–H groups in total. The summed E-state index contributed by atoms with van der Waals surface area (Å²) in [7, 11) is 0. The van der Waals surface area contributed by atoms with E-state index in [4.69, 9.17) is 5.11 Å². The minimum absolute atomic E-state index is 0.336. The van der Waals surface area contributed by atoms with Crippen LogP contribution in [0.3, 0.4) is 0 Å². The Morgan fingerprint density at radius 3 is 2.63 bits per heavy atom. The predicted octanol–water partition coefficient (Wildman–Crippen LogP) is 3.95. The van der Waals surface area contributed by atoms with Crippen molar-refractivity contribution < 1.29 is 9.90 Å². The summed E-state index contributed by atoms with van der Waals surface area (Å²) in [5, 5.41) is 15.3. The number of benzene rings is 3. The molecule has 1 heterocycles. The second kappa shape index (κ2) is 7.80. The number of carboxylic acid groups (broad SMARTS) is 1. The van der Waals surface area contributed by atoms with E-state index >= 15 is 0 Å². The molecule has 4 nitrogen and oxygen atoms in total.